The van der Waals surface area contributed by atoms with Gasteiger partial charge < -0.3 is 15.0 Å². The summed E-state index contributed by atoms with van der Waals surface area (Å²) in [5, 5.41) is 19.1. The highest BCUT2D eigenvalue weighted by molar-refractivity contribution is 6.07. The largest absolute Gasteiger partial charge is 0.492 e. The van der Waals surface area contributed by atoms with E-state index in [0.29, 0.717) is 36.0 Å². The van der Waals surface area contributed by atoms with E-state index >= 15 is 0 Å². The molecule has 3 N–H and O–H groups in total. The Hall–Kier alpha value is -4.07. The maximum absolute atomic E-state index is 13.3. The first-order chi connectivity index (χ1) is 16.0. The summed E-state index contributed by atoms with van der Waals surface area (Å²) in [6, 6.07) is 14.5. The first kappa shape index (κ1) is 22.1. The SMILES string of the molecule is CCC1COc2ccc(-c3ccc(C)nc3)cc2C(=O)Nc2cccc(n2)C(=N)N(C=N)C1. The Morgan fingerprint density at radius 1 is 1.21 bits per heavy atom. The minimum atomic E-state index is -0.348. The lowest BCUT2D eigenvalue weighted by molar-refractivity contribution is 0.102. The van der Waals surface area contributed by atoms with E-state index < -0.39 is 0 Å². The zero-order chi connectivity index (χ0) is 23.4. The molecule has 3 aromatic rings. The predicted octanol–water partition coefficient (Wildman–Crippen LogP) is 4.36. The van der Waals surface area contributed by atoms with Crippen molar-refractivity contribution in [1.29, 1.82) is 10.8 Å². The van der Waals surface area contributed by atoms with Gasteiger partial charge in [0.05, 0.1) is 18.5 Å². The number of hydrogen-bond donors (Lipinski definition) is 3. The van der Waals surface area contributed by atoms with Crippen LogP contribution in [0.15, 0.2) is 54.7 Å². The van der Waals surface area contributed by atoms with Crippen LogP contribution in [0.2, 0.25) is 0 Å². The molecular weight excluding hydrogens is 416 g/mol. The van der Waals surface area contributed by atoms with Crippen molar-refractivity contribution in [3.05, 3.63) is 71.7 Å². The number of carbonyl (C=O) groups excluding carboxylic acids is 1. The monoisotopic (exact) mass is 442 g/mol. The quantitative estimate of drug-likeness (QED) is 0.412. The minimum Gasteiger partial charge on any atom is -0.492 e. The molecule has 1 atom stereocenters. The van der Waals surface area contributed by atoms with Crippen LogP contribution >= 0.6 is 0 Å². The Kier molecular flexibility index (Phi) is 6.44. The molecular formula is C25H26N6O2. The van der Waals surface area contributed by atoms with Crippen LogP contribution in [0.25, 0.3) is 11.1 Å². The molecule has 3 heterocycles. The lowest BCUT2D eigenvalue weighted by atomic mass is 10.0. The molecule has 2 bridgehead atoms. The van der Waals surface area contributed by atoms with Crippen LogP contribution < -0.4 is 10.1 Å². The number of pyridine rings is 2. The number of aromatic nitrogens is 2. The number of carbonyl (C=O) groups is 1. The summed E-state index contributed by atoms with van der Waals surface area (Å²) >= 11 is 0. The van der Waals surface area contributed by atoms with Crippen molar-refractivity contribution in [3.63, 3.8) is 0 Å². The van der Waals surface area contributed by atoms with Gasteiger partial charge in [0.1, 0.15) is 17.3 Å². The first-order valence-corrected chi connectivity index (χ1v) is 10.8. The molecule has 0 radical (unpaired) electrons. The number of amidine groups is 1. The zero-order valence-corrected chi connectivity index (χ0v) is 18.6. The van der Waals surface area contributed by atoms with Gasteiger partial charge in [0.25, 0.3) is 5.91 Å². The van der Waals surface area contributed by atoms with Gasteiger partial charge in [-0.25, -0.2) is 4.98 Å². The van der Waals surface area contributed by atoms with Gasteiger partial charge in [0.15, 0.2) is 5.84 Å². The summed E-state index contributed by atoms with van der Waals surface area (Å²) in [4.78, 5) is 23.6. The van der Waals surface area contributed by atoms with Crippen LogP contribution in [-0.2, 0) is 0 Å². The van der Waals surface area contributed by atoms with E-state index in [1.54, 1.807) is 36.5 Å². The molecule has 1 amide bonds. The molecule has 8 nitrogen and oxygen atoms in total. The van der Waals surface area contributed by atoms with Crippen LogP contribution in [0.4, 0.5) is 5.82 Å². The molecule has 0 saturated carbocycles. The van der Waals surface area contributed by atoms with E-state index in [0.717, 1.165) is 29.6 Å². The topological polar surface area (TPSA) is 115 Å². The molecule has 33 heavy (non-hydrogen) atoms. The van der Waals surface area contributed by atoms with Gasteiger partial charge in [-0.1, -0.05) is 25.1 Å². The number of hydrogen-bond acceptors (Lipinski definition) is 6. The summed E-state index contributed by atoms with van der Waals surface area (Å²) in [6.07, 6.45) is 3.71. The van der Waals surface area contributed by atoms with E-state index in [1.807, 2.05) is 32.0 Å². The third-order valence-electron chi connectivity index (χ3n) is 5.65. The van der Waals surface area contributed by atoms with Crippen molar-refractivity contribution in [2.45, 2.75) is 20.3 Å². The lowest BCUT2D eigenvalue weighted by Crippen LogP contribution is -2.36. The Morgan fingerprint density at radius 2 is 2.03 bits per heavy atom. The Bertz CT molecular complexity index is 1190. The highest BCUT2D eigenvalue weighted by Gasteiger charge is 2.21. The number of anilines is 1. The van der Waals surface area contributed by atoms with Gasteiger partial charge >= 0.3 is 0 Å². The highest BCUT2D eigenvalue weighted by atomic mass is 16.5. The third-order valence-corrected chi connectivity index (χ3v) is 5.65. The highest BCUT2D eigenvalue weighted by Crippen LogP contribution is 2.28. The fourth-order valence-corrected chi connectivity index (χ4v) is 3.61. The molecule has 4 rings (SSSR count). The zero-order valence-electron chi connectivity index (χ0n) is 18.6. The van der Waals surface area contributed by atoms with Crippen molar-refractivity contribution < 1.29 is 9.53 Å². The summed E-state index contributed by atoms with van der Waals surface area (Å²) in [7, 11) is 0. The number of amides is 1. The Labute approximate surface area is 192 Å². The van der Waals surface area contributed by atoms with Gasteiger partial charge in [-0.05, 0) is 49.2 Å². The molecule has 1 aliphatic rings. The van der Waals surface area contributed by atoms with Crippen molar-refractivity contribution in [3.8, 4) is 16.9 Å². The minimum absolute atomic E-state index is 0.0489. The molecule has 0 spiro atoms. The van der Waals surface area contributed by atoms with Gasteiger partial charge in [-0.2, -0.15) is 0 Å². The molecule has 0 fully saturated rings. The fourth-order valence-electron chi connectivity index (χ4n) is 3.61. The van der Waals surface area contributed by atoms with Crippen LogP contribution in [0.5, 0.6) is 5.75 Å². The number of ether oxygens (including phenoxy) is 1. The number of nitrogens with one attached hydrogen (secondary N) is 3. The smallest absolute Gasteiger partial charge is 0.260 e. The third kappa shape index (κ3) is 4.90. The maximum Gasteiger partial charge on any atom is 0.260 e. The average Bonchev–Trinajstić information content (AvgIpc) is 2.84. The summed E-state index contributed by atoms with van der Waals surface area (Å²) in [5.74, 6) is 0.603. The standard InChI is InChI=1S/C25H26N6O2/c1-3-17-13-31(15-26)24(27)21-5-4-6-23(29-21)30-25(32)20-11-18(9-10-22(20)33-14-17)19-8-7-16(2)28-12-19/h4-12,15,17,26-27H,3,13-14H2,1-2H3,(H,29,30,32). The van der Waals surface area contributed by atoms with Crippen molar-refractivity contribution >= 4 is 23.9 Å². The van der Waals surface area contributed by atoms with E-state index in [4.69, 9.17) is 15.6 Å². The van der Waals surface area contributed by atoms with Gasteiger partial charge in [-0.3, -0.25) is 20.6 Å². The van der Waals surface area contributed by atoms with Crippen molar-refractivity contribution in [2.24, 2.45) is 5.92 Å². The van der Waals surface area contributed by atoms with E-state index in [-0.39, 0.29) is 17.7 Å². The normalized spacial score (nSPS) is 16.4. The molecule has 1 aliphatic heterocycles. The van der Waals surface area contributed by atoms with Gasteiger partial charge in [0.2, 0.25) is 0 Å². The molecule has 168 valence electrons. The van der Waals surface area contributed by atoms with Gasteiger partial charge in [0, 0.05) is 29.9 Å². The molecule has 1 unspecified atom stereocenters. The van der Waals surface area contributed by atoms with Crippen LogP contribution in [0, 0.1) is 23.7 Å². The van der Waals surface area contributed by atoms with Crippen molar-refractivity contribution in [2.75, 3.05) is 18.5 Å². The second-order valence-electron chi connectivity index (χ2n) is 7.98. The van der Waals surface area contributed by atoms with E-state index in [2.05, 4.69) is 15.3 Å². The predicted molar refractivity (Wildman–Crippen MR) is 128 cm³/mol. The van der Waals surface area contributed by atoms with Gasteiger partial charge in [-0.15, -0.1) is 0 Å². The maximum atomic E-state index is 13.3. The molecule has 1 aromatic carbocycles. The number of rotatable bonds is 3. The van der Waals surface area contributed by atoms with Crippen LogP contribution in [0.3, 0.4) is 0 Å². The second-order valence-corrected chi connectivity index (χ2v) is 7.98. The number of aryl methyl sites for hydroxylation is 1. The fraction of sp³-hybridized carbons (Fsp3) is 0.240. The number of nitrogens with zero attached hydrogens (tertiary/aromatic N) is 3. The average molecular weight is 443 g/mol. The molecule has 0 aliphatic carbocycles. The lowest BCUT2D eigenvalue weighted by Gasteiger charge is -2.25. The second kappa shape index (κ2) is 9.60. The van der Waals surface area contributed by atoms with Crippen LogP contribution in [0.1, 0.15) is 35.1 Å². The number of benzene rings is 1. The molecule has 0 saturated heterocycles. The Morgan fingerprint density at radius 3 is 2.76 bits per heavy atom. The Balaban J connectivity index is 1.77. The van der Waals surface area contributed by atoms with E-state index in [1.165, 1.54) is 4.90 Å². The molecule has 8 heteroatoms. The summed E-state index contributed by atoms with van der Waals surface area (Å²) < 4.78 is 6.10. The number of fused-ring (bicyclic) bond motifs is 3. The van der Waals surface area contributed by atoms with Crippen molar-refractivity contribution in [1.82, 2.24) is 14.9 Å². The summed E-state index contributed by atoms with van der Waals surface area (Å²) in [5.41, 5.74) is 3.46. The van der Waals surface area contributed by atoms with Crippen LogP contribution in [-0.4, -0.2) is 46.1 Å². The first-order valence-electron chi connectivity index (χ1n) is 10.8. The molecule has 2 aromatic heterocycles. The summed E-state index contributed by atoms with van der Waals surface area (Å²) in [6.45, 7) is 4.76. The van der Waals surface area contributed by atoms with E-state index in [9.17, 15) is 4.79 Å².